The lowest BCUT2D eigenvalue weighted by molar-refractivity contribution is -0.140. The Hall–Kier alpha value is -2.19. The fourth-order valence-corrected chi connectivity index (χ4v) is 5.33. The van der Waals surface area contributed by atoms with Crippen molar-refractivity contribution < 1.29 is 22.5 Å². The van der Waals surface area contributed by atoms with Crippen LogP contribution < -0.4 is 4.74 Å². The SMILES string of the molecule is Cc1ccc(C)c(OC(=O)C2CCN(S(=O)(=O)c3c(C)noc3C)CC2)c1C. The molecule has 0 atom stereocenters. The molecule has 0 amide bonds. The number of ether oxygens (including phenoxy) is 1. The number of esters is 1. The Morgan fingerprint density at radius 1 is 1.11 bits per heavy atom. The van der Waals surface area contributed by atoms with Crippen molar-refractivity contribution in [2.45, 2.75) is 52.4 Å². The number of sulfonamides is 1. The summed E-state index contributed by atoms with van der Waals surface area (Å²) in [6.45, 7) is 9.54. The van der Waals surface area contributed by atoms with Gasteiger partial charge in [0.05, 0.1) is 5.92 Å². The molecule has 1 aromatic heterocycles. The van der Waals surface area contributed by atoms with Crippen LogP contribution in [-0.2, 0) is 14.8 Å². The van der Waals surface area contributed by atoms with E-state index in [-0.39, 0.29) is 35.6 Å². The van der Waals surface area contributed by atoms with Gasteiger partial charge in [-0.25, -0.2) is 8.42 Å². The quantitative estimate of drug-likeness (QED) is 0.572. The molecule has 0 unspecified atom stereocenters. The first-order valence-electron chi connectivity index (χ1n) is 9.34. The number of benzene rings is 1. The average molecular weight is 407 g/mol. The van der Waals surface area contributed by atoms with E-state index in [0.717, 1.165) is 16.7 Å². The van der Waals surface area contributed by atoms with Gasteiger partial charge in [0, 0.05) is 13.1 Å². The van der Waals surface area contributed by atoms with E-state index >= 15 is 0 Å². The molecule has 2 aromatic rings. The maximum atomic E-state index is 12.9. The molecule has 1 saturated heterocycles. The largest absolute Gasteiger partial charge is 0.426 e. The number of rotatable bonds is 4. The summed E-state index contributed by atoms with van der Waals surface area (Å²) in [5.41, 5.74) is 3.28. The summed E-state index contributed by atoms with van der Waals surface area (Å²) < 4.78 is 37.9. The zero-order valence-corrected chi connectivity index (χ0v) is 17.7. The Labute approximate surface area is 165 Å². The summed E-state index contributed by atoms with van der Waals surface area (Å²) in [6, 6.07) is 3.93. The van der Waals surface area contributed by atoms with E-state index in [0.29, 0.717) is 24.3 Å². The summed E-state index contributed by atoms with van der Waals surface area (Å²) in [5, 5.41) is 3.74. The van der Waals surface area contributed by atoms with Gasteiger partial charge in [-0.2, -0.15) is 4.31 Å². The van der Waals surface area contributed by atoms with Crippen molar-refractivity contribution in [3.8, 4) is 5.75 Å². The number of aryl methyl sites for hydroxylation is 4. The van der Waals surface area contributed by atoms with Crippen LogP contribution in [0.5, 0.6) is 5.75 Å². The van der Waals surface area contributed by atoms with Crippen molar-refractivity contribution in [1.82, 2.24) is 9.46 Å². The van der Waals surface area contributed by atoms with Crippen LogP contribution in [0.4, 0.5) is 0 Å². The fourth-order valence-electron chi connectivity index (χ4n) is 3.57. The zero-order chi connectivity index (χ0) is 20.6. The smallest absolute Gasteiger partial charge is 0.314 e. The molecule has 3 rings (SSSR count). The van der Waals surface area contributed by atoms with Crippen LogP contribution in [0.1, 0.15) is 41.0 Å². The minimum absolute atomic E-state index is 0.125. The number of carbonyl (C=O) groups is 1. The van der Waals surface area contributed by atoms with Gasteiger partial charge in [0.25, 0.3) is 0 Å². The Bertz CT molecular complexity index is 982. The molecule has 1 fully saturated rings. The number of hydrogen-bond donors (Lipinski definition) is 0. The topological polar surface area (TPSA) is 89.7 Å². The third-order valence-electron chi connectivity index (χ3n) is 5.43. The molecule has 152 valence electrons. The first-order chi connectivity index (χ1) is 13.1. The average Bonchev–Trinajstić information content (AvgIpc) is 3.01. The Morgan fingerprint density at radius 2 is 1.71 bits per heavy atom. The van der Waals surface area contributed by atoms with Crippen LogP contribution in [0.25, 0.3) is 0 Å². The molecule has 8 heteroatoms. The standard InChI is InChI=1S/C20H26N2O5S/c1-12-6-7-13(2)18(14(12)3)26-20(23)17-8-10-22(11-9-17)28(24,25)19-15(4)21-27-16(19)5/h6-7,17H,8-11H2,1-5H3. The minimum Gasteiger partial charge on any atom is -0.426 e. The molecule has 0 radical (unpaired) electrons. The van der Waals surface area contributed by atoms with Gasteiger partial charge in [0.15, 0.2) is 5.76 Å². The molecule has 2 heterocycles. The van der Waals surface area contributed by atoms with Gasteiger partial charge in [-0.05, 0) is 64.2 Å². The molecular formula is C20H26N2O5S. The normalized spacial score (nSPS) is 16.3. The summed E-state index contributed by atoms with van der Waals surface area (Å²) in [4.78, 5) is 12.8. The summed E-state index contributed by atoms with van der Waals surface area (Å²) in [6.07, 6.45) is 0.844. The third kappa shape index (κ3) is 3.71. The van der Waals surface area contributed by atoms with Gasteiger partial charge in [0.1, 0.15) is 16.3 Å². The van der Waals surface area contributed by atoms with E-state index in [2.05, 4.69) is 5.16 Å². The first kappa shape index (κ1) is 20.5. The van der Waals surface area contributed by atoms with Gasteiger partial charge < -0.3 is 9.26 Å². The van der Waals surface area contributed by atoms with Crippen LogP contribution in [0.3, 0.4) is 0 Å². The van der Waals surface area contributed by atoms with Crippen LogP contribution in [0.15, 0.2) is 21.6 Å². The van der Waals surface area contributed by atoms with Crippen molar-refractivity contribution in [2.24, 2.45) is 5.92 Å². The van der Waals surface area contributed by atoms with Crippen LogP contribution in [0.2, 0.25) is 0 Å². The van der Waals surface area contributed by atoms with Crippen LogP contribution >= 0.6 is 0 Å². The second-order valence-electron chi connectivity index (χ2n) is 7.41. The van der Waals surface area contributed by atoms with Gasteiger partial charge in [-0.1, -0.05) is 17.3 Å². The first-order valence-corrected chi connectivity index (χ1v) is 10.8. The van der Waals surface area contributed by atoms with Crippen molar-refractivity contribution in [3.63, 3.8) is 0 Å². The number of carbonyl (C=O) groups excluding carboxylic acids is 1. The molecular weight excluding hydrogens is 380 g/mol. The maximum absolute atomic E-state index is 12.9. The van der Waals surface area contributed by atoms with E-state index in [1.807, 2.05) is 32.9 Å². The summed E-state index contributed by atoms with van der Waals surface area (Å²) in [5.74, 6) is 0.266. The van der Waals surface area contributed by atoms with E-state index in [1.165, 1.54) is 4.31 Å². The van der Waals surface area contributed by atoms with E-state index in [4.69, 9.17) is 9.26 Å². The monoisotopic (exact) mass is 406 g/mol. The van der Waals surface area contributed by atoms with Crippen molar-refractivity contribution in [2.75, 3.05) is 13.1 Å². The number of piperidine rings is 1. The lowest BCUT2D eigenvalue weighted by Gasteiger charge is -2.30. The predicted octanol–water partition coefficient (Wildman–Crippen LogP) is 3.22. The molecule has 7 nitrogen and oxygen atoms in total. The predicted molar refractivity (Wildman–Crippen MR) is 104 cm³/mol. The van der Waals surface area contributed by atoms with Gasteiger partial charge in [-0.15, -0.1) is 0 Å². The number of hydrogen-bond acceptors (Lipinski definition) is 6. The molecule has 28 heavy (non-hydrogen) atoms. The summed E-state index contributed by atoms with van der Waals surface area (Å²) >= 11 is 0. The fraction of sp³-hybridized carbons (Fsp3) is 0.500. The Morgan fingerprint density at radius 3 is 2.29 bits per heavy atom. The Balaban J connectivity index is 1.69. The van der Waals surface area contributed by atoms with Crippen LogP contribution in [-0.4, -0.2) is 36.9 Å². The van der Waals surface area contributed by atoms with E-state index in [9.17, 15) is 13.2 Å². The van der Waals surface area contributed by atoms with Gasteiger partial charge in [-0.3, -0.25) is 4.79 Å². The molecule has 1 aliphatic rings. The van der Waals surface area contributed by atoms with E-state index in [1.54, 1.807) is 13.8 Å². The highest BCUT2D eigenvalue weighted by Gasteiger charge is 2.36. The summed E-state index contributed by atoms with van der Waals surface area (Å²) in [7, 11) is -3.68. The lowest BCUT2D eigenvalue weighted by Crippen LogP contribution is -2.41. The van der Waals surface area contributed by atoms with Crippen molar-refractivity contribution in [1.29, 1.82) is 0 Å². The zero-order valence-electron chi connectivity index (χ0n) is 16.9. The second kappa shape index (κ2) is 7.67. The van der Waals surface area contributed by atoms with Crippen molar-refractivity contribution in [3.05, 3.63) is 40.3 Å². The number of aromatic nitrogens is 1. The molecule has 1 aromatic carbocycles. The Kier molecular flexibility index (Phi) is 5.63. The van der Waals surface area contributed by atoms with E-state index < -0.39 is 10.0 Å². The molecule has 0 saturated carbocycles. The van der Waals surface area contributed by atoms with Crippen LogP contribution in [0, 0.1) is 40.5 Å². The lowest BCUT2D eigenvalue weighted by atomic mass is 9.98. The second-order valence-corrected chi connectivity index (χ2v) is 9.28. The molecule has 0 N–H and O–H groups in total. The molecule has 1 aliphatic heterocycles. The van der Waals surface area contributed by atoms with Gasteiger partial charge in [0.2, 0.25) is 10.0 Å². The maximum Gasteiger partial charge on any atom is 0.314 e. The highest BCUT2D eigenvalue weighted by Crippen LogP contribution is 2.30. The number of nitrogens with zero attached hydrogens (tertiary/aromatic N) is 2. The highest BCUT2D eigenvalue weighted by atomic mass is 32.2. The molecule has 0 bridgehead atoms. The van der Waals surface area contributed by atoms with Crippen molar-refractivity contribution >= 4 is 16.0 Å². The third-order valence-corrected chi connectivity index (χ3v) is 7.57. The molecule has 0 spiro atoms. The molecule has 0 aliphatic carbocycles. The van der Waals surface area contributed by atoms with Gasteiger partial charge >= 0.3 is 5.97 Å². The minimum atomic E-state index is -3.68. The highest BCUT2D eigenvalue weighted by molar-refractivity contribution is 7.89.